The van der Waals surface area contributed by atoms with Crippen molar-refractivity contribution >= 4 is 21.7 Å². The lowest BCUT2D eigenvalue weighted by Crippen LogP contribution is -2.49. The number of nitrogens with zero attached hydrogens (tertiary/aromatic N) is 6. The third-order valence-corrected chi connectivity index (χ3v) is 7.60. The molecule has 3 heterocycles. The van der Waals surface area contributed by atoms with E-state index in [1.54, 1.807) is 30.6 Å². The van der Waals surface area contributed by atoms with Crippen molar-refractivity contribution in [1.29, 1.82) is 0 Å². The van der Waals surface area contributed by atoms with Crippen molar-refractivity contribution in [3.63, 3.8) is 0 Å². The van der Waals surface area contributed by atoms with Crippen molar-refractivity contribution in [3.05, 3.63) is 36.7 Å². The number of aromatic nitrogens is 2. The minimum absolute atomic E-state index is 0.259. The normalized spacial score (nSPS) is 19.1. The second kappa shape index (κ2) is 8.75. The predicted octanol–water partition coefficient (Wildman–Crippen LogP) is 0.748. The smallest absolute Gasteiger partial charge is 0.243 e. The van der Waals surface area contributed by atoms with Gasteiger partial charge in [-0.2, -0.15) is 4.31 Å². The fourth-order valence-electron chi connectivity index (χ4n) is 3.79. The summed E-state index contributed by atoms with van der Waals surface area (Å²) in [6.07, 6.45) is 1.60. The molecule has 2 aliphatic heterocycles. The van der Waals surface area contributed by atoms with Crippen LogP contribution in [0.15, 0.2) is 41.6 Å². The minimum Gasteiger partial charge on any atom is -0.497 e. The van der Waals surface area contributed by atoms with Crippen molar-refractivity contribution in [2.45, 2.75) is 4.90 Å². The van der Waals surface area contributed by atoms with Crippen molar-refractivity contribution < 1.29 is 13.2 Å². The Balaban J connectivity index is 1.42. The van der Waals surface area contributed by atoms with E-state index < -0.39 is 10.0 Å². The molecule has 1 aromatic heterocycles. The van der Waals surface area contributed by atoms with Gasteiger partial charge in [-0.15, -0.1) is 0 Å². The van der Waals surface area contributed by atoms with Crippen LogP contribution in [0.4, 0.5) is 11.6 Å². The number of methoxy groups -OCH3 is 1. The highest BCUT2D eigenvalue weighted by Gasteiger charge is 2.29. The fourth-order valence-corrected chi connectivity index (χ4v) is 5.24. The maximum atomic E-state index is 13.0. The summed E-state index contributed by atoms with van der Waals surface area (Å²) in [6.45, 7) is 5.91. The largest absolute Gasteiger partial charge is 0.497 e. The van der Waals surface area contributed by atoms with Crippen LogP contribution in [-0.2, 0) is 10.0 Å². The van der Waals surface area contributed by atoms with Crippen molar-refractivity contribution in [1.82, 2.24) is 19.2 Å². The molecule has 9 nitrogen and oxygen atoms in total. The van der Waals surface area contributed by atoms with Crippen LogP contribution in [0.25, 0.3) is 0 Å². The van der Waals surface area contributed by atoms with Crippen LogP contribution in [0, 0.1) is 0 Å². The topological polar surface area (TPSA) is 82.1 Å². The first-order valence-electron chi connectivity index (χ1n) is 10.1. The van der Waals surface area contributed by atoms with Gasteiger partial charge in [0, 0.05) is 64.5 Å². The van der Waals surface area contributed by atoms with E-state index in [2.05, 4.69) is 31.7 Å². The van der Waals surface area contributed by atoms with E-state index in [0.717, 1.165) is 37.8 Å². The minimum atomic E-state index is -3.55. The van der Waals surface area contributed by atoms with Gasteiger partial charge in [0.15, 0.2) is 0 Å². The van der Waals surface area contributed by atoms with Gasteiger partial charge in [-0.05, 0) is 19.2 Å². The summed E-state index contributed by atoms with van der Waals surface area (Å²) in [5, 5.41) is 0. The number of likely N-dealkylation sites (N-methyl/N-ethyl adjacent to an activating group) is 1. The monoisotopic (exact) mass is 432 g/mol. The van der Waals surface area contributed by atoms with Crippen LogP contribution in [0.5, 0.6) is 5.75 Å². The molecule has 0 saturated carbocycles. The van der Waals surface area contributed by atoms with E-state index in [-0.39, 0.29) is 4.90 Å². The molecule has 2 fully saturated rings. The molecule has 2 saturated heterocycles. The van der Waals surface area contributed by atoms with E-state index in [9.17, 15) is 8.42 Å². The summed E-state index contributed by atoms with van der Waals surface area (Å²) < 4.78 is 32.7. The Morgan fingerprint density at radius 2 is 1.47 bits per heavy atom. The molecule has 1 aromatic carbocycles. The summed E-state index contributed by atoms with van der Waals surface area (Å²) in [5.74, 6) is 2.31. The molecule has 30 heavy (non-hydrogen) atoms. The number of rotatable bonds is 5. The van der Waals surface area contributed by atoms with Crippen molar-refractivity contribution in [2.24, 2.45) is 0 Å². The van der Waals surface area contributed by atoms with Crippen LogP contribution in [0.3, 0.4) is 0 Å². The number of ether oxygens (including phenoxy) is 1. The summed E-state index contributed by atoms with van der Waals surface area (Å²) in [5.41, 5.74) is 0. The fraction of sp³-hybridized carbons (Fsp3) is 0.500. The zero-order chi connectivity index (χ0) is 21.1. The predicted molar refractivity (Wildman–Crippen MR) is 116 cm³/mol. The molecule has 162 valence electrons. The highest BCUT2D eigenvalue weighted by Crippen LogP contribution is 2.24. The van der Waals surface area contributed by atoms with E-state index in [0.29, 0.717) is 31.9 Å². The lowest BCUT2D eigenvalue weighted by atomic mass is 10.3. The Hall–Kier alpha value is -2.43. The van der Waals surface area contributed by atoms with Gasteiger partial charge in [-0.25, -0.2) is 18.4 Å². The third kappa shape index (κ3) is 4.35. The van der Waals surface area contributed by atoms with Crippen molar-refractivity contribution in [3.8, 4) is 5.75 Å². The first-order chi connectivity index (χ1) is 14.5. The number of sulfonamides is 1. The standard InChI is InChI=1S/C20H28N6O3S/c1-23-6-8-24(9-7-23)19-15-20(22-16-21-19)25-10-12-26(13-11-25)30(27,28)18-5-3-4-17(14-18)29-2/h3-5,14-16H,6-13H2,1-2H3. The number of piperazine rings is 2. The Morgan fingerprint density at radius 3 is 2.07 bits per heavy atom. The van der Waals surface area contributed by atoms with Gasteiger partial charge in [-0.3, -0.25) is 0 Å². The third-order valence-electron chi connectivity index (χ3n) is 5.71. The first-order valence-corrected chi connectivity index (χ1v) is 11.6. The number of anilines is 2. The quantitative estimate of drug-likeness (QED) is 0.685. The summed E-state index contributed by atoms with van der Waals surface area (Å²) in [4.78, 5) is 15.8. The maximum absolute atomic E-state index is 13.0. The molecule has 2 aromatic rings. The van der Waals surface area contributed by atoms with Gasteiger partial charge in [0.2, 0.25) is 10.0 Å². The Kier molecular flexibility index (Phi) is 6.07. The van der Waals surface area contributed by atoms with Crippen LogP contribution >= 0.6 is 0 Å². The zero-order valence-electron chi connectivity index (χ0n) is 17.4. The van der Waals surface area contributed by atoms with Crippen molar-refractivity contribution in [2.75, 3.05) is 76.3 Å². The summed E-state index contributed by atoms with van der Waals surface area (Å²) in [7, 11) is 0.107. The molecule has 0 aliphatic carbocycles. The average Bonchev–Trinajstić information content (AvgIpc) is 2.80. The molecule has 10 heteroatoms. The highest BCUT2D eigenvalue weighted by atomic mass is 32.2. The highest BCUT2D eigenvalue weighted by molar-refractivity contribution is 7.89. The Labute approximate surface area is 177 Å². The number of benzene rings is 1. The first kappa shape index (κ1) is 20.8. The molecule has 4 rings (SSSR count). The summed E-state index contributed by atoms with van der Waals surface area (Å²) in [6, 6.07) is 8.62. The second-order valence-corrected chi connectivity index (χ2v) is 9.53. The lowest BCUT2D eigenvalue weighted by Gasteiger charge is -2.36. The molecule has 0 amide bonds. The lowest BCUT2D eigenvalue weighted by molar-refractivity contribution is 0.312. The molecular weight excluding hydrogens is 404 g/mol. The van der Waals surface area contributed by atoms with Gasteiger partial charge >= 0.3 is 0 Å². The number of hydrogen-bond donors (Lipinski definition) is 0. The Bertz CT molecular complexity index is 970. The molecular formula is C20H28N6O3S. The van der Waals surface area contributed by atoms with Gasteiger partial charge in [-0.1, -0.05) is 6.07 Å². The molecule has 0 unspecified atom stereocenters. The van der Waals surface area contributed by atoms with Crippen LogP contribution in [0.2, 0.25) is 0 Å². The van der Waals surface area contributed by atoms with Crippen LogP contribution < -0.4 is 14.5 Å². The van der Waals surface area contributed by atoms with Gasteiger partial charge < -0.3 is 19.4 Å². The number of hydrogen-bond acceptors (Lipinski definition) is 8. The SMILES string of the molecule is COc1cccc(S(=O)(=O)N2CCN(c3cc(N4CCN(C)CC4)ncn3)CC2)c1. The molecule has 0 radical (unpaired) electrons. The van der Waals surface area contributed by atoms with Gasteiger partial charge in [0.1, 0.15) is 23.7 Å². The van der Waals surface area contributed by atoms with E-state index >= 15 is 0 Å². The Morgan fingerprint density at radius 1 is 0.867 bits per heavy atom. The molecule has 0 bridgehead atoms. The molecule has 0 spiro atoms. The van der Waals surface area contributed by atoms with E-state index in [4.69, 9.17) is 4.74 Å². The maximum Gasteiger partial charge on any atom is 0.243 e. The molecule has 0 N–H and O–H groups in total. The second-order valence-electron chi connectivity index (χ2n) is 7.59. The molecule has 2 aliphatic rings. The van der Waals surface area contributed by atoms with Crippen LogP contribution in [-0.4, -0.2) is 94.1 Å². The average molecular weight is 433 g/mol. The van der Waals surface area contributed by atoms with Crippen LogP contribution in [0.1, 0.15) is 0 Å². The van der Waals surface area contributed by atoms with Gasteiger partial charge in [0.25, 0.3) is 0 Å². The van der Waals surface area contributed by atoms with E-state index in [1.807, 2.05) is 6.07 Å². The molecule has 0 atom stereocenters. The van der Waals surface area contributed by atoms with Gasteiger partial charge in [0.05, 0.1) is 12.0 Å². The van der Waals surface area contributed by atoms with E-state index in [1.165, 1.54) is 11.4 Å². The zero-order valence-corrected chi connectivity index (χ0v) is 18.3. The summed E-state index contributed by atoms with van der Waals surface area (Å²) >= 11 is 0.